The molecule has 1 aromatic rings. The molecule has 0 spiro atoms. The summed E-state index contributed by atoms with van der Waals surface area (Å²) in [5, 5.41) is 14.5. The average molecular weight is 278 g/mol. The molecule has 1 aromatic heterocycles. The lowest BCUT2D eigenvalue weighted by Crippen LogP contribution is -2.38. The van der Waals surface area contributed by atoms with E-state index in [1.54, 1.807) is 6.92 Å². The van der Waals surface area contributed by atoms with Crippen LogP contribution in [0.5, 0.6) is 0 Å². The predicted octanol–water partition coefficient (Wildman–Crippen LogP) is 2.11. The van der Waals surface area contributed by atoms with Crippen molar-refractivity contribution in [2.45, 2.75) is 32.0 Å². The normalized spacial score (nSPS) is 14.9. The largest absolute Gasteiger partial charge is 0.433 e. The lowest BCUT2D eigenvalue weighted by molar-refractivity contribution is -0.141. The van der Waals surface area contributed by atoms with E-state index in [9.17, 15) is 18.3 Å². The fourth-order valence-electron chi connectivity index (χ4n) is 1.32. The summed E-state index contributed by atoms with van der Waals surface area (Å²) < 4.78 is 38.1. The zero-order valence-corrected chi connectivity index (χ0v) is 11.0. The Hall–Kier alpha value is -1.57. The number of alkyl halides is 3. The van der Waals surface area contributed by atoms with Crippen molar-refractivity contribution in [3.63, 3.8) is 0 Å². The minimum atomic E-state index is -4.55. The standard InChI is InChI=1S/C11H17F3N4O/c1-4-10(2,6-19)18-8-5-7(11(12,13)14)16-9(15-3)17-8/h5,19H,4,6H2,1-3H3,(H2,15,16,17,18). The van der Waals surface area contributed by atoms with Crippen LogP contribution >= 0.6 is 0 Å². The van der Waals surface area contributed by atoms with Crippen LogP contribution in [-0.2, 0) is 6.18 Å². The highest BCUT2D eigenvalue weighted by Gasteiger charge is 2.34. The van der Waals surface area contributed by atoms with Gasteiger partial charge in [0.05, 0.1) is 12.1 Å². The summed E-state index contributed by atoms with van der Waals surface area (Å²) >= 11 is 0. The van der Waals surface area contributed by atoms with Crippen molar-refractivity contribution in [3.05, 3.63) is 11.8 Å². The molecule has 8 heteroatoms. The molecule has 3 N–H and O–H groups in total. The Bertz CT molecular complexity index is 432. The molecule has 0 aliphatic rings. The molecule has 0 saturated heterocycles. The van der Waals surface area contributed by atoms with Crippen molar-refractivity contribution in [2.24, 2.45) is 0 Å². The number of rotatable bonds is 5. The van der Waals surface area contributed by atoms with Crippen molar-refractivity contribution in [3.8, 4) is 0 Å². The molecule has 1 heterocycles. The van der Waals surface area contributed by atoms with Crippen LogP contribution in [0.1, 0.15) is 26.0 Å². The number of anilines is 2. The zero-order chi connectivity index (χ0) is 14.7. The molecule has 19 heavy (non-hydrogen) atoms. The molecule has 0 aliphatic carbocycles. The van der Waals surface area contributed by atoms with E-state index in [1.807, 2.05) is 6.92 Å². The van der Waals surface area contributed by atoms with Gasteiger partial charge in [-0.1, -0.05) is 6.92 Å². The molecule has 1 rings (SSSR count). The fourth-order valence-corrected chi connectivity index (χ4v) is 1.32. The van der Waals surface area contributed by atoms with E-state index in [2.05, 4.69) is 20.6 Å². The van der Waals surface area contributed by atoms with Gasteiger partial charge in [-0.3, -0.25) is 0 Å². The Labute approximate surface area is 109 Å². The highest BCUT2D eigenvalue weighted by atomic mass is 19.4. The second-order valence-electron chi connectivity index (χ2n) is 4.41. The van der Waals surface area contributed by atoms with E-state index in [4.69, 9.17) is 0 Å². The molecule has 0 radical (unpaired) electrons. The van der Waals surface area contributed by atoms with Gasteiger partial charge < -0.3 is 15.7 Å². The molecule has 1 unspecified atom stereocenters. The number of hydrogen-bond donors (Lipinski definition) is 3. The third-order valence-electron chi connectivity index (χ3n) is 2.80. The summed E-state index contributed by atoms with van der Waals surface area (Å²) in [5.74, 6) is -0.112. The summed E-state index contributed by atoms with van der Waals surface area (Å²) in [4.78, 5) is 7.26. The molecule has 1 atom stereocenters. The lowest BCUT2D eigenvalue weighted by Gasteiger charge is -2.28. The van der Waals surface area contributed by atoms with Gasteiger partial charge in [0.15, 0.2) is 5.69 Å². The molecule has 0 fully saturated rings. The number of aromatic nitrogens is 2. The first-order valence-corrected chi connectivity index (χ1v) is 5.77. The van der Waals surface area contributed by atoms with Crippen LogP contribution < -0.4 is 10.6 Å². The van der Waals surface area contributed by atoms with E-state index in [-0.39, 0.29) is 18.4 Å². The fraction of sp³-hybridized carbons (Fsp3) is 0.636. The first kappa shape index (κ1) is 15.5. The Kier molecular flexibility index (Phi) is 4.56. The highest BCUT2D eigenvalue weighted by Crippen LogP contribution is 2.30. The number of aliphatic hydroxyl groups is 1. The van der Waals surface area contributed by atoms with Crippen molar-refractivity contribution >= 4 is 11.8 Å². The number of nitrogens with zero attached hydrogens (tertiary/aromatic N) is 2. The predicted molar refractivity (Wildman–Crippen MR) is 66.0 cm³/mol. The van der Waals surface area contributed by atoms with Gasteiger partial charge in [0.25, 0.3) is 0 Å². The van der Waals surface area contributed by atoms with Crippen LogP contribution in [0, 0.1) is 0 Å². The minimum absolute atomic E-state index is 0.0186. The first-order valence-electron chi connectivity index (χ1n) is 5.77. The van der Waals surface area contributed by atoms with Gasteiger partial charge in [-0.2, -0.15) is 18.2 Å². The van der Waals surface area contributed by atoms with Gasteiger partial charge >= 0.3 is 6.18 Å². The third-order valence-corrected chi connectivity index (χ3v) is 2.80. The van der Waals surface area contributed by atoms with Crippen LogP contribution in [-0.4, -0.2) is 34.3 Å². The Morgan fingerprint density at radius 1 is 1.32 bits per heavy atom. The minimum Gasteiger partial charge on any atom is -0.394 e. The maximum Gasteiger partial charge on any atom is 0.433 e. The monoisotopic (exact) mass is 278 g/mol. The molecule has 5 nitrogen and oxygen atoms in total. The van der Waals surface area contributed by atoms with Crippen molar-refractivity contribution < 1.29 is 18.3 Å². The Morgan fingerprint density at radius 2 is 1.95 bits per heavy atom. The lowest BCUT2D eigenvalue weighted by atomic mass is 10.0. The van der Waals surface area contributed by atoms with Crippen molar-refractivity contribution in [1.29, 1.82) is 0 Å². The van der Waals surface area contributed by atoms with Gasteiger partial charge in [-0.25, -0.2) is 4.98 Å². The van der Waals surface area contributed by atoms with Gasteiger partial charge in [-0.15, -0.1) is 0 Å². The Morgan fingerprint density at radius 3 is 2.37 bits per heavy atom. The van der Waals surface area contributed by atoms with Crippen LogP contribution in [0.3, 0.4) is 0 Å². The van der Waals surface area contributed by atoms with Crippen molar-refractivity contribution in [1.82, 2.24) is 9.97 Å². The van der Waals surface area contributed by atoms with Crippen LogP contribution in [0.15, 0.2) is 6.07 Å². The maximum atomic E-state index is 12.7. The van der Waals surface area contributed by atoms with Crippen LogP contribution in [0.4, 0.5) is 24.9 Å². The summed E-state index contributed by atoms with van der Waals surface area (Å²) in [5.41, 5.74) is -1.77. The smallest absolute Gasteiger partial charge is 0.394 e. The SMILES string of the molecule is CCC(C)(CO)Nc1cc(C(F)(F)F)nc(NC)n1. The molecule has 0 aromatic carbocycles. The van der Waals surface area contributed by atoms with E-state index < -0.39 is 17.4 Å². The zero-order valence-electron chi connectivity index (χ0n) is 11.0. The van der Waals surface area contributed by atoms with Crippen LogP contribution in [0.25, 0.3) is 0 Å². The molecule has 0 saturated carbocycles. The quantitative estimate of drug-likeness (QED) is 0.769. The number of hydrogen-bond acceptors (Lipinski definition) is 5. The summed E-state index contributed by atoms with van der Waals surface area (Å²) in [6.45, 7) is 3.29. The van der Waals surface area contributed by atoms with Gasteiger partial charge in [0.1, 0.15) is 5.82 Å². The number of halogens is 3. The summed E-state index contributed by atoms with van der Waals surface area (Å²) in [6, 6.07) is 0.824. The molecular formula is C11H17F3N4O. The van der Waals surface area contributed by atoms with Crippen molar-refractivity contribution in [2.75, 3.05) is 24.3 Å². The van der Waals surface area contributed by atoms with Gasteiger partial charge in [-0.05, 0) is 13.3 Å². The second-order valence-corrected chi connectivity index (χ2v) is 4.41. The first-order chi connectivity index (χ1) is 8.74. The van der Waals surface area contributed by atoms with Crippen LogP contribution in [0.2, 0.25) is 0 Å². The maximum absolute atomic E-state index is 12.7. The molecular weight excluding hydrogens is 261 g/mol. The number of nitrogens with one attached hydrogen (secondary N) is 2. The molecule has 0 aliphatic heterocycles. The topological polar surface area (TPSA) is 70.1 Å². The highest BCUT2D eigenvalue weighted by molar-refractivity contribution is 5.44. The van der Waals surface area contributed by atoms with E-state index in [0.29, 0.717) is 6.42 Å². The molecule has 0 bridgehead atoms. The van der Waals surface area contributed by atoms with Gasteiger partial charge in [0, 0.05) is 13.1 Å². The second kappa shape index (κ2) is 5.60. The summed E-state index contributed by atoms with van der Waals surface area (Å²) in [7, 11) is 1.43. The van der Waals surface area contributed by atoms with Gasteiger partial charge in [0.2, 0.25) is 5.95 Å². The van der Waals surface area contributed by atoms with E-state index in [1.165, 1.54) is 7.05 Å². The molecule has 108 valence electrons. The number of aliphatic hydroxyl groups excluding tert-OH is 1. The molecule has 0 amide bonds. The van der Waals surface area contributed by atoms with E-state index in [0.717, 1.165) is 6.07 Å². The average Bonchev–Trinajstić information content (AvgIpc) is 2.37. The Balaban J connectivity index is 3.14. The third kappa shape index (κ3) is 3.95. The summed E-state index contributed by atoms with van der Waals surface area (Å²) in [6.07, 6.45) is -4.02. The van der Waals surface area contributed by atoms with E-state index >= 15 is 0 Å².